The SMILES string of the molecule is CC(C)(CS)C(=O)COc1ccc(Cl)cc1.Clc1ccccc1. The number of carbonyl (C=O) groups is 1. The second-order valence-corrected chi connectivity index (χ2v) is 6.69. The molecule has 0 heterocycles. The van der Waals surface area contributed by atoms with Gasteiger partial charge in [-0.1, -0.05) is 55.2 Å². The molecule has 0 fully saturated rings. The van der Waals surface area contributed by atoms with Crippen molar-refractivity contribution in [3.8, 4) is 5.75 Å². The highest BCUT2D eigenvalue weighted by molar-refractivity contribution is 7.80. The van der Waals surface area contributed by atoms with E-state index in [4.69, 9.17) is 27.9 Å². The van der Waals surface area contributed by atoms with Crippen molar-refractivity contribution in [2.24, 2.45) is 5.41 Å². The Morgan fingerprint density at radius 1 is 1.00 bits per heavy atom. The molecule has 0 saturated heterocycles. The number of benzene rings is 2. The molecular formula is C18H20Cl2O2S. The maximum Gasteiger partial charge on any atom is 0.176 e. The Labute approximate surface area is 153 Å². The van der Waals surface area contributed by atoms with Crippen LogP contribution in [0.25, 0.3) is 0 Å². The van der Waals surface area contributed by atoms with Gasteiger partial charge in [0, 0.05) is 21.2 Å². The summed E-state index contributed by atoms with van der Waals surface area (Å²) in [4.78, 5) is 11.7. The molecule has 0 radical (unpaired) electrons. The quantitative estimate of drug-likeness (QED) is 0.694. The van der Waals surface area contributed by atoms with E-state index in [1.54, 1.807) is 24.3 Å². The Hall–Kier alpha value is -1.16. The van der Waals surface area contributed by atoms with Crippen molar-refractivity contribution in [3.63, 3.8) is 0 Å². The van der Waals surface area contributed by atoms with E-state index in [1.807, 2.05) is 44.2 Å². The molecule has 0 atom stereocenters. The lowest BCUT2D eigenvalue weighted by Gasteiger charge is -2.20. The second-order valence-electron chi connectivity index (χ2n) is 5.50. The fourth-order valence-electron chi connectivity index (χ4n) is 1.38. The fourth-order valence-corrected chi connectivity index (χ4v) is 1.83. The van der Waals surface area contributed by atoms with Gasteiger partial charge in [-0.2, -0.15) is 12.6 Å². The van der Waals surface area contributed by atoms with Gasteiger partial charge in [-0.05, 0) is 36.4 Å². The predicted molar refractivity (Wildman–Crippen MR) is 101 cm³/mol. The number of hydrogen-bond donors (Lipinski definition) is 1. The summed E-state index contributed by atoms with van der Waals surface area (Å²) in [5, 5.41) is 1.44. The smallest absolute Gasteiger partial charge is 0.176 e. The first-order valence-electron chi connectivity index (χ1n) is 7.08. The number of Topliss-reactive ketones (excluding diaryl/α,β-unsaturated/α-hetero) is 1. The van der Waals surface area contributed by atoms with E-state index in [0.29, 0.717) is 16.5 Å². The number of ether oxygens (including phenoxy) is 1. The first kappa shape index (κ1) is 19.9. The molecule has 2 aromatic rings. The van der Waals surface area contributed by atoms with Crippen molar-refractivity contribution >= 4 is 41.6 Å². The summed E-state index contributed by atoms with van der Waals surface area (Å²) in [5.41, 5.74) is -0.449. The second kappa shape index (κ2) is 9.86. The topological polar surface area (TPSA) is 26.3 Å². The van der Waals surface area contributed by atoms with E-state index < -0.39 is 5.41 Å². The third-order valence-corrected chi connectivity index (χ3v) is 4.36. The highest BCUT2D eigenvalue weighted by Gasteiger charge is 2.25. The molecule has 0 aromatic heterocycles. The van der Waals surface area contributed by atoms with Crippen LogP contribution < -0.4 is 4.74 Å². The van der Waals surface area contributed by atoms with Gasteiger partial charge in [-0.15, -0.1) is 0 Å². The van der Waals surface area contributed by atoms with Crippen LogP contribution in [0.4, 0.5) is 0 Å². The molecule has 0 unspecified atom stereocenters. The molecule has 5 heteroatoms. The van der Waals surface area contributed by atoms with Crippen molar-refractivity contribution in [2.45, 2.75) is 13.8 Å². The molecule has 0 aliphatic carbocycles. The summed E-state index contributed by atoms with van der Waals surface area (Å²) in [5.74, 6) is 1.20. The molecule has 0 bridgehead atoms. The molecule has 2 aromatic carbocycles. The van der Waals surface area contributed by atoms with Gasteiger partial charge in [0.05, 0.1) is 0 Å². The predicted octanol–water partition coefficient (Wildman–Crippen LogP) is 5.58. The molecule has 124 valence electrons. The molecule has 2 nitrogen and oxygen atoms in total. The highest BCUT2D eigenvalue weighted by atomic mass is 35.5. The Morgan fingerprint density at radius 2 is 1.52 bits per heavy atom. The Morgan fingerprint density at radius 3 is 1.96 bits per heavy atom. The lowest BCUT2D eigenvalue weighted by atomic mass is 9.91. The van der Waals surface area contributed by atoms with E-state index in [9.17, 15) is 4.79 Å². The minimum absolute atomic E-state index is 0.0393. The standard InChI is InChI=1S/C12H15ClO2S.C6H5Cl/c1-12(2,8-16)11(14)7-15-10-5-3-9(13)4-6-10;7-6-4-2-1-3-5-6/h3-6,16H,7-8H2,1-2H3;1-5H. The lowest BCUT2D eigenvalue weighted by molar-refractivity contribution is -0.128. The van der Waals surface area contributed by atoms with Gasteiger partial charge >= 0.3 is 0 Å². The maximum atomic E-state index is 11.7. The van der Waals surface area contributed by atoms with Crippen LogP contribution in [0.3, 0.4) is 0 Å². The molecule has 0 amide bonds. The van der Waals surface area contributed by atoms with Crippen LogP contribution >= 0.6 is 35.8 Å². The highest BCUT2D eigenvalue weighted by Crippen LogP contribution is 2.20. The van der Waals surface area contributed by atoms with E-state index >= 15 is 0 Å². The first-order chi connectivity index (χ1) is 10.8. The average molecular weight is 371 g/mol. The third kappa shape index (κ3) is 7.78. The van der Waals surface area contributed by atoms with Crippen LogP contribution in [-0.2, 0) is 4.79 Å². The fraction of sp³-hybridized carbons (Fsp3) is 0.278. The minimum atomic E-state index is -0.449. The van der Waals surface area contributed by atoms with E-state index in [0.717, 1.165) is 5.02 Å². The summed E-state index contributed by atoms with van der Waals surface area (Å²) in [7, 11) is 0. The van der Waals surface area contributed by atoms with E-state index in [1.165, 1.54) is 0 Å². The number of carbonyl (C=O) groups excluding carboxylic acids is 1. The van der Waals surface area contributed by atoms with Gasteiger partial charge in [0.2, 0.25) is 0 Å². The zero-order valence-corrected chi connectivity index (χ0v) is 15.5. The number of hydrogen-bond acceptors (Lipinski definition) is 3. The van der Waals surface area contributed by atoms with Crippen molar-refractivity contribution in [2.75, 3.05) is 12.4 Å². The summed E-state index contributed by atoms with van der Waals surface area (Å²) < 4.78 is 5.37. The largest absolute Gasteiger partial charge is 0.486 e. The van der Waals surface area contributed by atoms with Gasteiger partial charge in [0.15, 0.2) is 5.78 Å². The van der Waals surface area contributed by atoms with Crippen LogP contribution in [0, 0.1) is 5.41 Å². The number of rotatable bonds is 5. The van der Waals surface area contributed by atoms with Gasteiger partial charge in [0.1, 0.15) is 12.4 Å². The van der Waals surface area contributed by atoms with Gasteiger partial charge < -0.3 is 4.74 Å². The third-order valence-electron chi connectivity index (χ3n) is 3.07. The van der Waals surface area contributed by atoms with Crippen LogP contribution in [0.15, 0.2) is 54.6 Å². The molecule has 0 aliphatic heterocycles. The Kier molecular flexibility index (Phi) is 8.53. The van der Waals surface area contributed by atoms with Crippen molar-refractivity contribution in [3.05, 3.63) is 64.6 Å². The Balaban J connectivity index is 0.000000313. The molecule has 0 aliphatic rings. The van der Waals surface area contributed by atoms with Crippen molar-refractivity contribution < 1.29 is 9.53 Å². The Bertz CT molecular complexity index is 598. The number of ketones is 1. The minimum Gasteiger partial charge on any atom is -0.486 e. The summed E-state index contributed by atoms with van der Waals surface area (Å²) in [6.07, 6.45) is 0. The van der Waals surface area contributed by atoms with Crippen LogP contribution in [0.2, 0.25) is 10.0 Å². The van der Waals surface area contributed by atoms with Gasteiger partial charge in [-0.25, -0.2) is 0 Å². The zero-order chi connectivity index (χ0) is 17.3. The van der Waals surface area contributed by atoms with Gasteiger partial charge in [0.25, 0.3) is 0 Å². The summed E-state index contributed by atoms with van der Waals surface area (Å²) >= 11 is 15.4. The normalized spacial score (nSPS) is 10.5. The van der Waals surface area contributed by atoms with Crippen molar-refractivity contribution in [1.82, 2.24) is 0 Å². The van der Waals surface area contributed by atoms with Crippen molar-refractivity contribution in [1.29, 1.82) is 0 Å². The first-order valence-corrected chi connectivity index (χ1v) is 8.47. The average Bonchev–Trinajstić information content (AvgIpc) is 2.55. The maximum absolute atomic E-state index is 11.7. The monoisotopic (exact) mass is 370 g/mol. The lowest BCUT2D eigenvalue weighted by Crippen LogP contribution is -2.30. The molecular weight excluding hydrogens is 351 g/mol. The summed E-state index contributed by atoms with van der Waals surface area (Å²) in [6.45, 7) is 3.77. The zero-order valence-electron chi connectivity index (χ0n) is 13.1. The molecule has 2 rings (SSSR count). The van der Waals surface area contributed by atoms with E-state index in [-0.39, 0.29) is 12.4 Å². The molecule has 23 heavy (non-hydrogen) atoms. The summed E-state index contributed by atoms with van der Waals surface area (Å²) in [6, 6.07) is 16.4. The van der Waals surface area contributed by atoms with E-state index in [2.05, 4.69) is 12.6 Å². The van der Waals surface area contributed by atoms with Crippen LogP contribution in [0.5, 0.6) is 5.75 Å². The number of thiol groups is 1. The molecule has 0 saturated carbocycles. The van der Waals surface area contributed by atoms with Gasteiger partial charge in [-0.3, -0.25) is 4.79 Å². The number of halogens is 2. The molecule has 0 N–H and O–H groups in total. The molecule has 0 spiro atoms. The van der Waals surface area contributed by atoms with Crippen LogP contribution in [-0.4, -0.2) is 18.1 Å². The van der Waals surface area contributed by atoms with Crippen LogP contribution in [0.1, 0.15) is 13.8 Å².